The Balaban J connectivity index is 2.10. The third-order valence-electron chi connectivity index (χ3n) is 3.66. The molecule has 2 rings (SSSR count). The smallest absolute Gasteiger partial charge is 0.278 e. The van der Waals surface area contributed by atoms with Crippen molar-refractivity contribution in [3.63, 3.8) is 0 Å². The lowest BCUT2D eigenvalue weighted by Crippen LogP contribution is -2.27. The van der Waals surface area contributed by atoms with Crippen LogP contribution in [0.1, 0.15) is 48.4 Å². The van der Waals surface area contributed by atoms with E-state index in [9.17, 15) is 18.4 Å². The van der Waals surface area contributed by atoms with E-state index in [1.54, 1.807) is 26.0 Å². The first-order valence-corrected chi connectivity index (χ1v) is 9.05. The summed E-state index contributed by atoms with van der Waals surface area (Å²) in [7, 11) is 0. The first-order chi connectivity index (χ1) is 13.4. The molecule has 0 aliphatic heterocycles. The second-order valence-corrected chi connectivity index (χ2v) is 7.08. The highest BCUT2D eigenvalue weighted by molar-refractivity contribution is 6.32. The number of nitrogens with one attached hydrogen (secondary N) is 2. The number of alkyl halides is 2. The summed E-state index contributed by atoms with van der Waals surface area (Å²) in [5.74, 6) is -3.55. The van der Waals surface area contributed by atoms with Crippen molar-refractivity contribution in [3.8, 4) is 5.88 Å². The summed E-state index contributed by atoms with van der Waals surface area (Å²) in [5, 5.41) is 5.34. The van der Waals surface area contributed by atoms with Crippen LogP contribution in [0.5, 0.6) is 5.88 Å². The Morgan fingerprint density at radius 3 is 2.59 bits per heavy atom. The number of carbonyl (C=O) groups is 2. The van der Waals surface area contributed by atoms with E-state index in [0.717, 1.165) is 5.56 Å². The van der Waals surface area contributed by atoms with Gasteiger partial charge in [0, 0.05) is 25.7 Å². The molecule has 7 nitrogen and oxygen atoms in total. The molecule has 0 bridgehead atoms. The molecular weight excluding hydrogens is 406 g/mol. The molecular formula is C19H21ClF2N4O3. The highest BCUT2D eigenvalue weighted by atomic mass is 35.5. The number of ether oxygens (including phenoxy) is 1. The highest BCUT2D eigenvalue weighted by Crippen LogP contribution is 2.25. The van der Waals surface area contributed by atoms with E-state index in [2.05, 4.69) is 20.6 Å². The molecule has 10 heteroatoms. The van der Waals surface area contributed by atoms with E-state index in [-0.39, 0.29) is 22.4 Å². The predicted molar refractivity (Wildman–Crippen MR) is 105 cm³/mol. The van der Waals surface area contributed by atoms with Crippen LogP contribution in [0.4, 0.5) is 14.6 Å². The van der Waals surface area contributed by atoms with E-state index in [4.69, 9.17) is 16.3 Å². The van der Waals surface area contributed by atoms with E-state index in [0.29, 0.717) is 18.4 Å². The maximum atomic E-state index is 12.9. The molecule has 1 atom stereocenters. The summed E-state index contributed by atoms with van der Waals surface area (Å²) >= 11 is 5.99. The molecule has 0 aromatic carbocycles. The lowest BCUT2D eigenvalue weighted by atomic mass is 10.1. The van der Waals surface area contributed by atoms with Crippen molar-refractivity contribution < 1.29 is 23.1 Å². The summed E-state index contributed by atoms with van der Waals surface area (Å²) in [4.78, 5) is 31.8. The maximum absolute atomic E-state index is 12.9. The lowest BCUT2D eigenvalue weighted by Gasteiger charge is -2.17. The Morgan fingerprint density at radius 2 is 2.00 bits per heavy atom. The van der Waals surface area contributed by atoms with Gasteiger partial charge in [-0.25, -0.2) is 18.7 Å². The van der Waals surface area contributed by atoms with Gasteiger partial charge >= 0.3 is 0 Å². The minimum Gasteiger partial charge on any atom is -0.470 e. The second-order valence-electron chi connectivity index (χ2n) is 6.67. The molecule has 0 spiro atoms. The zero-order chi connectivity index (χ0) is 21.8. The Labute approximate surface area is 171 Å². The summed E-state index contributed by atoms with van der Waals surface area (Å²) < 4.78 is 30.7. The fraction of sp³-hybridized carbons (Fsp3) is 0.368. The zero-order valence-electron chi connectivity index (χ0n) is 16.3. The summed E-state index contributed by atoms with van der Waals surface area (Å²) in [6.07, 6.45) is 1.19. The molecule has 2 N–H and O–H groups in total. The Kier molecular flexibility index (Phi) is 7.07. The van der Waals surface area contributed by atoms with Crippen molar-refractivity contribution in [2.75, 3.05) is 11.9 Å². The van der Waals surface area contributed by atoms with Crippen LogP contribution in [0.3, 0.4) is 0 Å². The average molecular weight is 427 g/mol. The number of pyridine rings is 2. The number of aromatic nitrogens is 2. The first-order valence-electron chi connectivity index (χ1n) is 8.68. The van der Waals surface area contributed by atoms with Crippen molar-refractivity contribution >= 4 is 29.2 Å². The third kappa shape index (κ3) is 6.94. The van der Waals surface area contributed by atoms with Crippen LogP contribution in [0.2, 0.25) is 5.02 Å². The van der Waals surface area contributed by atoms with E-state index in [1.807, 2.05) is 0 Å². The minimum absolute atomic E-state index is 0.0535. The quantitative estimate of drug-likeness (QED) is 0.699. The highest BCUT2D eigenvalue weighted by Gasteiger charge is 2.23. The SMILES string of the molecule is CC(=O)Nc1cc(C(C)NC(=O)c2cnc(OCC(C)(F)F)c(Cl)c2)cc(C)n1. The van der Waals surface area contributed by atoms with Gasteiger partial charge in [0.2, 0.25) is 11.8 Å². The van der Waals surface area contributed by atoms with Crippen LogP contribution >= 0.6 is 11.6 Å². The third-order valence-corrected chi connectivity index (χ3v) is 3.93. The largest absolute Gasteiger partial charge is 0.470 e. The Hall–Kier alpha value is -2.81. The molecule has 2 aromatic heterocycles. The number of hydrogen-bond acceptors (Lipinski definition) is 5. The number of halogens is 3. The number of aryl methyl sites for hydroxylation is 1. The van der Waals surface area contributed by atoms with Gasteiger partial charge in [-0.15, -0.1) is 0 Å². The van der Waals surface area contributed by atoms with Gasteiger partial charge in [0.15, 0.2) is 6.61 Å². The molecule has 0 aliphatic carbocycles. The van der Waals surface area contributed by atoms with E-state index >= 15 is 0 Å². The molecule has 156 valence electrons. The number of hydrogen-bond donors (Lipinski definition) is 2. The molecule has 0 aliphatic rings. The molecule has 1 unspecified atom stereocenters. The first kappa shape index (κ1) is 22.5. The number of anilines is 1. The standard InChI is InChI=1S/C19H21ClF2N4O3/c1-10-5-13(7-16(24-10)26-12(3)27)11(2)25-17(28)14-6-15(20)18(23-8-14)29-9-19(4,21)22/h5-8,11H,9H2,1-4H3,(H,25,28)(H,24,26,27). The number of amides is 2. The molecule has 29 heavy (non-hydrogen) atoms. The Bertz CT molecular complexity index is 919. The van der Waals surface area contributed by atoms with Crippen molar-refractivity contribution in [1.29, 1.82) is 0 Å². The van der Waals surface area contributed by atoms with Crippen LogP contribution in [-0.4, -0.2) is 34.3 Å². The fourth-order valence-corrected chi connectivity index (χ4v) is 2.62. The molecule has 2 heterocycles. The van der Waals surface area contributed by atoms with Crippen molar-refractivity contribution in [2.45, 2.75) is 39.7 Å². The van der Waals surface area contributed by atoms with Crippen molar-refractivity contribution in [1.82, 2.24) is 15.3 Å². The number of carbonyl (C=O) groups excluding carboxylic acids is 2. The van der Waals surface area contributed by atoms with Gasteiger partial charge in [-0.3, -0.25) is 9.59 Å². The van der Waals surface area contributed by atoms with Crippen LogP contribution < -0.4 is 15.4 Å². The van der Waals surface area contributed by atoms with Crippen LogP contribution in [0.15, 0.2) is 24.4 Å². The van der Waals surface area contributed by atoms with Crippen molar-refractivity contribution in [2.24, 2.45) is 0 Å². The fourth-order valence-electron chi connectivity index (χ4n) is 2.40. The van der Waals surface area contributed by atoms with Crippen molar-refractivity contribution in [3.05, 3.63) is 46.2 Å². The second kappa shape index (κ2) is 9.13. The van der Waals surface area contributed by atoms with Gasteiger partial charge in [0.1, 0.15) is 10.8 Å². The summed E-state index contributed by atoms with van der Waals surface area (Å²) in [6.45, 7) is 4.74. The number of rotatable bonds is 7. The minimum atomic E-state index is -3.03. The normalized spacial score (nSPS) is 12.2. The monoisotopic (exact) mass is 426 g/mol. The van der Waals surface area contributed by atoms with Gasteiger partial charge in [-0.05, 0) is 37.6 Å². The van der Waals surface area contributed by atoms with Gasteiger partial charge in [0.25, 0.3) is 11.8 Å². The van der Waals surface area contributed by atoms with Crippen LogP contribution in [0.25, 0.3) is 0 Å². The molecule has 0 saturated heterocycles. The molecule has 0 saturated carbocycles. The topological polar surface area (TPSA) is 93.2 Å². The average Bonchev–Trinajstić information content (AvgIpc) is 2.58. The number of nitrogens with zero attached hydrogens (tertiary/aromatic N) is 2. The maximum Gasteiger partial charge on any atom is 0.278 e. The van der Waals surface area contributed by atoms with Crippen LogP contribution in [0, 0.1) is 6.92 Å². The molecule has 0 fully saturated rings. The molecule has 2 aromatic rings. The molecule has 0 radical (unpaired) electrons. The van der Waals surface area contributed by atoms with Gasteiger partial charge in [-0.1, -0.05) is 11.6 Å². The van der Waals surface area contributed by atoms with Gasteiger partial charge in [0.05, 0.1) is 11.6 Å². The Morgan fingerprint density at radius 1 is 1.31 bits per heavy atom. The van der Waals surface area contributed by atoms with Gasteiger partial charge < -0.3 is 15.4 Å². The van der Waals surface area contributed by atoms with Gasteiger partial charge in [-0.2, -0.15) is 0 Å². The lowest BCUT2D eigenvalue weighted by molar-refractivity contribution is -0.114. The summed E-state index contributed by atoms with van der Waals surface area (Å²) in [5.41, 5.74) is 1.55. The van der Waals surface area contributed by atoms with Crippen LogP contribution in [-0.2, 0) is 4.79 Å². The predicted octanol–water partition coefficient (Wildman–Crippen LogP) is 3.92. The zero-order valence-corrected chi connectivity index (χ0v) is 17.1. The van der Waals surface area contributed by atoms with E-state index in [1.165, 1.54) is 19.2 Å². The summed E-state index contributed by atoms with van der Waals surface area (Å²) in [6, 6.07) is 4.32. The molecule has 2 amide bonds. The van der Waals surface area contributed by atoms with E-state index < -0.39 is 24.5 Å².